The van der Waals surface area contributed by atoms with E-state index in [-0.39, 0.29) is 12.6 Å². The SMILES string of the molecule is CSCC(=O)OCc1cc(=O)oc2cc3c(cc12)CCC3. The lowest BCUT2D eigenvalue weighted by atomic mass is 10.0. The van der Waals surface area contributed by atoms with Gasteiger partial charge in [0.05, 0.1) is 5.75 Å². The Morgan fingerprint density at radius 1 is 1.29 bits per heavy atom. The van der Waals surface area contributed by atoms with Gasteiger partial charge in [-0.25, -0.2) is 4.79 Å². The van der Waals surface area contributed by atoms with Crippen LogP contribution in [0.4, 0.5) is 0 Å². The van der Waals surface area contributed by atoms with Gasteiger partial charge in [0.1, 0.15) is 12.2 Å². The zero-order chi connectivity index (χ0) is 14.8. The fourth-order valence-corrected chi connectivity index (χ4v) is 3.05. The molecule has 0 amide bonds. The Morgan fingerprint density at radius 2 is 2.05 bits per heavy atom. The highest BCUT2D eigenvalue weighted by Gasteiger charge is 2.15. The van der Waals surface area contributed by atoms with Gasteiger partial charge in [0, 0.05) is 17.0 Å². The van der Waals surface area contributed by atoms with Crippen molar-refractivity contribution in [2.75, 3.05) is 12.0 Å². The Morgan fingerprint density at radius 3 is 2.81 bits per heavy atom. The zero-order valence-electron chi connectivity index (χ0n) is 11.8. The van der Waals surface area contributed by atoms with Gasteiger partial charge in [-0.1, -0.05) is 0 Å². The van der Waals surface area contributed by atoms with Crippen LogP contribution >= 0.6 is 11.8 Å². The van der Waals surface area contributed by atoms with Gasteiger partial charge in [-0.15, -0.1) is 0 Å². The summed E-state index contributed by atoms with van der Waals surface area (Å²) in [5, 5.41) is 0.868. The van der Waals surface area contributed by atoms with E-state index in [1.165, 1.54) is 29.0 Å². The summed E-state index contributed by atoms with van der Waals surface area (Å²) in [7, 11) is 0. The van der Waals surface area contributed by atoms with Gasteiger partial charge in [-0.05, 0) is 48.8 Å². The van der Waals surface area contributed by atoms with E-state index in [4.69, 9.17) is 9.15 Å². The molecule has 0 saturated carbocycles. The minimum absolute atomic E-state index is 0.111. The molecule has 1 aromatic heterocycles. The van der Waals surface area contributed by atoms with E-state index in [1.807, 2.05) is 12.3 Å². The molecule has 0 spiro atoms. The molecule has 0 unspecified atom stereocenters. The summed E-state index contributed by atoms with van der Waals surface area (Å²) in [5.74, 6) is 0.0412. The van der Waals surface area contributed by atoms with E-state index in [1.54, 1.807) is 0 Å². The predicted molar refractivity (Wildman–Crippen MR) is 82.7 cm³/mol. The summed E-state index contributed by atoms with van der Waals surface area (Å²) < 4.78 is 10.5. The van der Waals surface area contributed by atoms with Crippen LogP contribution in [0.25, 0.3) is 11.0 Å². The molecule has 21 heavy (non-hydrogen) atoms. The Balaban J connectivity index is 1.97. The number of thioether (sulfide) groups is 1. The fourth-order valence-electron chi connectivity index (χ4n) is 2.73. The molecule has 0 atom stereocenters. The molecule has 1 aromatic carbocycles. The second-order valence-electron chi connectivity index (χ2n) is 5.16. The van der Waals surface area contributed by atoms with Gasteiger partial charge < -0.3 is 9.15 Å². The molecule has 0 bridgehead atoms. The molecule has 4 nitrogen and oxygen atoms in total. The van der Waals surface area contributed by atoms with Crippen molar-refractivity contribution < 1.29 is 13.9 Å². The number of hydrogen-bond acceptors (Lipinski definition) is 5. The molecule has 110 valence electrons. The highest BCUT2D eigenvalue weighted by molar-refractivity contribution is 7.99. The first-order valence-electron chi connectivity index (χ1n) is 6.90. The van der Waals surface area contributed by atoms with Crippen molar-refractivity contribution >= 4 is 28.7 Å². The molecule has 2 aromatic rings. The normalized spacial score (nSPS) is 13.4. The second kappa shape index (κ2) is 5.93. The monoisotopic (exact) mass is 304 g/mol. The smallest absolute Gasteiger partial charge is 0.336 e. The van der Waals surface area contributed by atoms with Crippen LogP contribution in [0.5, 0.6) is 0 Å². The minimum Gasteiger partial charge on any atom is -0.460 e. The molecule has 1 aliphatic carbocycles. The molecule has 1 heterocycles. The predicted octanol–water partition coefficient (Wildman–Crippen LogP) is 2.69. The summed E-state index contributed by atoms with van der Waals surface area (Å²) >= 11 is 1.41. The van der Waals surface area contributed by atoms with E-state index >= 15 is 0 Å². The van der Waals surface area contributed by atoms with Crippen molar-refractivity contribution in [3.05, 3.63) is 45.3 Å². The molecular formula is C16H16O4S. The van der Waals surface area contributed by atoms with Crippen LogP contribution in [-0.4, -0.2) is 18.0 Å². The number of rotatable bonds is 4. The fraction of sp³-hybridized carbons (Fsp3) is 0.375. The first kappa shape index (κ1) is 14.2. The average molecular weight is 304 g/mol. The molecule has 3 rings (SSSR count). The quantitative estimate of drug-likeness (QED) is 0.642. The first-order chi connectivity index (χ1) is 10.2. The lowest BCUT2D eigenvalue weighted by molar-refractivity contribution is -0.141. The molecular weight excluding hydrogens is 288 g/mol. The summed E-state index contributed by atoms with van der Waals surface area (Å²) in [6.07, 6.45) is 5.06. The zero-order valence-corrected chi connectivity index (χ0v) is 12.6. The van der Waals surface area contributed by atoms with Crippen LogP contribution in [0.2, 0.25) is 0 Å². The van der Waals surface area contributed by atoms with Crippen molar-refractivity contribution in [1.29, 1.82) is 0 Å². The van der Waals surface area contributed by atoms with Crippen LogP contribution in [0.15, 0.2) is 27.4 Å². The van der Waals surface area contributed by atoms with Gasteiger partial charge in [-0.3, -0.25) is 4.79 Å². The highest BCUT2D eigenvalue weighted by Crippen LogP contribution is 2.28. The van der Waals surface area contributed by atoms with E-state index in [9.17, 15) is 9.59 Å². The number of carbonyl (C=O) groups excluding carboxylic acids is 1. The second-order valence-corrected chi connectivity index (χ2v) is 6.02. The van der Waals surface area contributed by atoms with Crippen molar-refractivity contribution in [2.24, 2.45) is 0 Å². The number of ether oxygens (including phenoxy) is 1. The summed E-state index contributed by atoms with van der Waals surface area (Å²) in [5.41, 5.74) is 3.44. The number of fused-ring (bicyclic) bond motifs is 2. The molecule has 0 radical (unpaired) electrons. The number of aryl methyl sites for hydroxylation is 2. The number of benzene rings is 1. The molecule has 0 saturated heterocycles. The maximum absolute atomic E-state index is 11.7. The van der Waals surface area contributed by atoms with E-state index < -0.39 is 5.63 Å². The van der Waals surface area contributed by atoms with Crippen molar-refractivity contribution in [3.63, 3.8) is 0 Å². The Hall–Kier alpha value is -1.75. The van der Waals surface area contributed by atoms with Crippen LogP contribution in [0, 0.1) is 0 Å². The van der Waals surface area contributed by atoms with Crippen LogP contribution in [0.1, 0.15) is 23.1 Å². The van der Waals surface area contributed by atoms with Gasteiger partial charge in [0.2, 0.25) is 0 Å². The molecule has 1 aliphatic rings. The summed E-state index contributed by atoms with van der Waals surface area (Å²) in [4.78, 5) is 23.1. The van der Waals surface area contributed by atoms with Crippen molar-refractivity contribution in [3.8, 4) is 0 Å². The van der Waals surface area contributed by atoms with E-state index in [0.29, 0.717) is 16.9 Å². The van der Waals surface area contributed by atoms with Crippen LogP contribution < -0.4 is 5.63 Å². The largest absolute Gasteiger partial charge is 0.460 e. The first-order valence-corrected chi connectivity index (χ1v) is 8.30. The van der Waals surface area contributed by atoms with Gasteiger partial charge in [0.25, 0.3) is 0 Å². The lowest BCUT2D eigenvalue weighted by Gasteiger charge is -2.08. The Labute approximate surface area is 126 Å². The van der Waals surface area contributed by atoms with Gasteiger partial charge in [0.15, 0.2) is 0 Å². The number of esters is 1. The molecule has 0 fully saturated rings. The Kier molecular flexibility index (Phi) is 4.01. The topological polar surface area (TPSA) is 56.5 Å². The molecule has 5 heteroatoms. The van der Waals surface area contributed by atoms with Gasteiger partial charge >= 0.3 is 11.6 Å². The van der Waals surface area contributed by atoms with Crippen molar-refractivity contribution in [2.45, 2.75) is 25.9 Å². The van der Waals surface area contributed by atoms with Crippen LogP contribution in [0.3, 0.4) is 0 Å². The third kappa shape index (κ3) is 2.97. The number of hydrogen-bond donors (Lipinski definition) is 0. The van der Waals surface area contributed by atoms with Gasteiger partial charge in [-0.2, -0.15) is 11.8 Å². The third-order valence-corrected chi connectivity index (χ3v) is 4.22. The van der Waals surface area contributed by atoms with Crippen molar-refractivity contribution in [1.82, 2.24) is 0 Å². The Bertz CT molecular complexity index is 748. The average Bonchev–Trinajstić information content (AvgIpc) is 2.90. The summed E-state index contributed by atoms with van der Waals surface area (Å²) in [6.45, 7) is 0.111. The number of carbonyl (C=O) groups is 1. The summed E-state index contributed by atoms with van der Waals surface area (Å²) in [6, 6.07) is 5.43. The third-order valence-electron chi connectivity index (χ3n) is 3.69. The van der Waals surface area contributed by atoms with E-state index in [0.717, 1.165) is 24.6 Å². The molecule has 0 N–H and O–H groups in total. The lowest BCUT2D eigenvalue weighted by Crippen LogP contribution is -2.09. The minimum atomic E-state index is -0.406. The maximum Gasteiger partial charge on any atom is 0.336 e. The standard InChI is InChI=1S/C16H16O4S/c1-21-9-16(18)19-8-12-7-15(17)20-14-6-11-4-2-3-10(11)5-13(12)14/h5-7H,2-4,8-9H2,1H3. The maximum atomic E-state index is 11.7. The molecule has 0 aliphatic heterocycles. The van der Waals surface area contributed by atoms with E-state index in [2.05, 4.69) is 6.07 Å². The highest BCUT2D eigenvalue weighted by atomic mass is 32.2. The van der Waals surface area contributed by atoms with Crippen LogP contribution in [-0.2, 0) is 29.0 Å².